The smallest absolute Gasteiger partial charge is 0.408 e. The Kier molecular flexibility index (Phi) is 6.59. The van der Waals surface area contributed by atoms with Crippen LogP contribution in [0.5, 0.6) is 0 Å². The Balaban J connectivity index is 1.19. The molecule has 3 aromatic rings. The number of rotatable bonds is 6. The minimum absolute atomic E-state index is 0.0666. The Labute approximate surface area is 231 Å². The standard InChI is InChI=1S/C31H28N2O7/c1-31(19-14-16-38-17-15-19,29(36)40-33-27(34)24-12-6-7-13-25(24)28(33)35)32-30(37)39-18-26-22-10-4-2-8-20(22)21-9-3-5-11-23(21)26/h2-13,19,26H,14-18H2,1H3,(H,32,37). The van der Waals surface area contributed by atoms with E-state index in [1.807, 2.05) is 48.5 Å². The van der Waals surface area contributed by atoms with Crippen LogP contribution in [0.4, 0.5) is 4.79 Å². The molecule has 0 saturated carbocycles. The van der Waals surface area contributed by atoms with Gasteiger partial charge in [0.25, 0.3) is 11.8 Å². The van der Waals surface area contributed by atoms with Gasteiger partial charge in [-0.3, -0.25) is 9.59 Å². The summed E-state index contributed by atoms with van der Waals surface area (Å²) in [4.78, 5) is 57.8. The predicted octanol–water partition coefficient (Wildman–Crippen LogP) is 4.46. The Morgan fingerprint density at radius 3 is 1.90 bits per heavy atom. The molecule has 0 bridgehead atoms. The van der Waals surface area contributed by atoms with Crippen molar-refractivity contribution in [2.24, 2.45) is 5.92 Å². The van der Waals surface area contributed by atoms with Gasteiger partial charge in [-0.25, -0.2) is 9.59 Å². The molecule has 0 spiro atoms. The number of carbonyl (C=O) groups excluding carboxylic acids is 4. The maximum atomic E-state index is 13.6. The summed E-state index contributed by atoms with van der Waals surface area (Å²) in [6, 6.07) is 22.2. The average molecular weight is 541 g/mol. The molecule has 9 heteroatoms. The molecular formula is C31H28N2O7. The summed E-state index contributed by atoms with van der Waals surface area (Å²) in [7, 11) is 0. The lowest BCUT2D eigenvalue weighted by Gasteiger charge is -2.38. The Bertz CT molecular complexity index is 1430. The first kappa shape index (κ1) is 25.8. The van der Waals surface area contributed by atoms with Gasteiger partial charge in [-0.05, 0) is 60.1 Å². The van der Waals surface area contributed by atoms with Crippen LogP contribution in [0.25, 0.3) is 11.1 Å². The van der Waals surface area contributed by atoms with Gasteiger partial charge in [-0.15, -0.1) is 0 Å². The molecule has 1 N–H and O–H groups in total. The van der Waals surface area contributed by atoms with Crippen molar-refractivity contribution in [1.82, 2.24) is 10.4 Å². The van der Waals surface area contributed by atoms with Crippen molar-refractivity contribution >= 4 is 23.9 Å². The first-order chi connectivity index (χ1) is 19.4. The quantitative estimate of drug-likeness (QED) is 0.460. The summed E-state index contributed by atoms with van der Waals surface area (Å²) in [6.07, 6.45) is 0.143. The first-order valence-electron chi connectivity index (χ1n) is 13.3. The van der Waals surface area contributed by atoms with E-state index in [0.717, 1.165) is 22.3 Å². The molecule has 3 amide bonds. The van der Waals surface area contributed by atoms with Crippen LogP contribution in [0.2, 0.25) is 0 Å². The molecule has 0 radical (unpaired) electrons. The Morgan fingerprint density at radius 1 is 0.850 bits per heavy atom. The molecule has 6 rings (SSSR count). The molecule has 1 saturated heterocycles. The second kappa shape index (κ2) is 10.2. The summed E-state index contributed by atoms with van der Waals surface area (Å²) in [5.74, 6) is -2.92. The third-order valence-electron chi connectivity index (χ3n) is 8.10. The largest absolute Gasteiger partial charge is 0.449 e. The number of nitrogens with zero attached hydrogens (tertiary/aromatic N) is 1. The minimum atomic E-state index is -1.58. The minimum Gasteiger partial charge on any atom is -0.449 e. The monoisotopic (exact) mass is 540 g/mol. The zero-order valence-corrected chi connectivity index (χ0v) is 21.9. The normalized spacial score (nSPS) is 18.0. The van der Waals surface area contributed by atoms with Crippen LogP contribution in [-0.2, 0) is 19.1 Å². The van der Waals surface area contributed by atoms with Crippen molar-refractivity contribution in [2.45, 2.75) is 31.2 Å². The second-order valence-corrected chi connectivity index (χ2v) is 10.4. The highest BCUT2D eigenvalue weighted by Gasteiger charge is 2.49. The maximum Gasteiger partial charge on any atom is 0.408 e. The molecule has 40 heavy (non-hydrogen) atoms. The lowest BCUT2D eigenvalue weighted by molar-refractivity contribution is -0.179. The number of hydrogen-bond acceptors (Lipinski definition) is 7. The summed E-state index contributed by atoms with van der Waals surface area (Å²) >= 11 is 0. The number of amides is 3. The van der Waals surface area contributed by atoms with Crippen LogP contribution in [0.15, 0.2) is 72.8 Å². The van der Waals surface area contributed by atoms with E-state index in [1.165, 1.54) is 19.1 Å². The van der Waals surface area contributed by atoms with Crippen LogP contribution in [0.3, 0.4) is 0 Å². The zero-order valence-electron chi connectivity index (χ0n) is 21.9. The predicted molar refractivity (Wildman–Crippen MR) is 143 cm³/mol. The Hall–Kier alpha value is -4.50. The van der Waals surface area contributed by atoms with E-state index in [2.05, 4.69) is 5.32 Å². The molecular weight excluding hydrogens is 512 g/mol. The summed E-state index contributed by atoms with van der Waals surface area (Å²) in [5.41, 5.74) is 3.05. The van der Waals surface area contributed by atoms with E-state index in [-0.39, 0.29) is 29.6 Å². The molecule has 1 atom stereocenters. The van der Waals surface area contributed by atoms with Gasteiger partial charge in [0.15, 0.2) is 0 Å². The number of imide groups is 1. The molecule has 0 aromatic heterocycles. The van der Waals surface area contributed by atoms with Crippen LogP contribution in [0.1, 0.15) is 57.5 Å². The number of fused-ring (bicyclic) bond motifs is 4. The molecule has 1 fully saturated rings. The van der Waals surface area contributed by atoms with E-state index >= 15 is 0 Å². The molecule has 3 aromatic carbocycles. The lowest BCUT2D eigenvalue weighted by Crippen LogP contribution is -2.60. The van der Waals surface area contributed by atoms with Gasteiger partial charge in [0.1, 0.15) is 12.1 Å². The SMILES string of the molecule is CC(NC(=O)OCC1c2ccccc2-c2ccccc21)(C(=O)ON1C(=O)c2ccccc2C1=O)C1CCOCC1. The van der Waals surface area contributed by atoms with Gasteiger partial charge in [0.2, 0.25) is 0 Å². The van der Waals surface area contributed by atoms with E-state index in [9.17, 15) is 19.2 Å². The van der Waals surface area contributed by atoms with Gasteiger partial charge in [0, 0.05) is 19.1 Å². The molecule has 204 valence electrons. The highest BCUT2D eigenvalue weighted by Crippen LogP contribution is 2.44. The first-order valence-corrected chi connectivity index (χ1v) is 13.3. The summed E-state index contributed by atoms with van der Waals surface area (Å²) in [6.45, 7) is 2.39. The van der Waals surface area contributed by atoms with E-state index in [4.69, 9.17) is 14.3 Å². The van der Waals surface area contributed by atoms with Crippen molar-refractivity contribution in [3.8, 4) is 11.1 Å². The third-order valence-corrected chi connectivity index (χ3v) is 8.10. The van der Waals surface area contributed by atoms with Gasteiger partial charge >= 0.3 is 12.1 Å². The fourth-order valence-electron chi connectivity index (χ4n) is 5.87. The molecule has 2 aliphatic heterocycles. The van der Waals surface area contributed by atoms with Gasteiger partial charge in [-0.1, -0.05) is 65.7 Å². The number of alkyl carbamates (subject to hydrolysis) is 1. The zero-order chi connectivity index (χ0) is 27.9. The average Bonchev–Trinajstić information content (AvgIpc) is 3.43. The Morgan fingerprint density at radius 2 is 1.35 bits per heavy atom. The number of hydroxylamine groups is 2. The van der Waals surface area contributed by atoms with E-state index in [0.29, 0.717) is 31.1 Å². The van der Waals surface area contributed by atoms with E-state index < -0.39 is 29.4 Å². The molecule has 9 nitrogen and oxygen atoms in total. The summed E-state index contributed by atoms with van der Waals surface area (Å²) in [5, 5.41) is 3.18. The van der Waals surface area contributed by atoms with Crippen molar-refractivity contribution in [3.63, 3.8) is 0 Å². The fourth-order valence-corrected chi connectivity index (χ4v) is 5.87. The van der Waals surface area contributed by atoms with Crippen molar-refractivity contribution in [1.29, 1.82) is 0 Å². The number of ether oxygens (including phenoxy) is 2. The summed E-state index contributed by atoms with van der Waals surface area (Å²) < 4.78 is 11.2. The van der Waals surface area contributed by atoms with E-state index in [1.54, 1.807) is 12.1 Å². The maximum absolute atomic E-state index is 13.6. The van der Waals surface area contributed by atoms with Crippen molar-refractivity contribution < 1.29 is 33.5 Å². The van der Waals surface area contributed by atoms with Crippen molar-refractivity contribution in [3.05, 3.63) is 95.1 Å². The van der Waals surface area contributed by atoms with Crippen LogP contribution >= 0.6 is 0 Å². The number of hydrogen-bond donors (Lipinski definition) is 1. The highest BCUT2D eigenvalue weighted by atomic mass is 16.7. The number of nitrogens with one attached hydrogen (secondary N) is 1. The molecule has 1 unspecified atom stereocenters. The third kappa shape index (κ3) is 4.32. The number of benzene rings is 3. The van der Waals surface area contributed by atoms with Crippen molar-refractivity contribution in [2.75, 3.05) is 19.8 Å². The van der Waals surface area contributed by atoms with Gasteiger partial charge < -0.3 is 19.6 Å². The lowest BCUT2D eigenvalue weighted by atomic mass is 9.80. The van der Waals surface area contributed by atoms with Crippen LogP contribution < -0.4 is 5.32 Å². The van der Waals surface area contributed by atoms with Crippen LogP contribution in [0, 0.1) is 5.92 Å². The van der Waals surface area contributed by atoms with Gasteiger partial charge in [0.05, 0.1) is 11.1 Å². The molecule has 2 heterocycles. The second-order valence-electron chi connectivity index (χ2n) is 10.4. The van der Waals surface area contributed by atoms with Crippen LogP contribution in [-0.4, -0.2) is 54.3 Å². The molecule has 3 aliphatic rings. The topological polar surface area (TPSA) is 111 Å². The highest BCUT2D eigenvalue weighted by molar-refractivity contribution is 6.21. The molecule has 1 aliphatic carbocycles. The van der Waals surface area contributed by atoms with Gasteiger partial charge in [-0.2, -0.15) is 0 Å². The fraction of sp³-hybridized carbons (Fsp3) is 0.290. The number of carbonyl (C=O) groups is 4.